The third-order valence-electron chi connectivity index (χ3n) is 4.40. The number of hydrogen-bond acceptors (Lipinski definition) is 5. The van der Waals surface area contributed by atoms with E-state index >= 15 is 0 Å². The number of H-pyrrole nitrogens is 2. The Bertz CT molecular complexity index is 1200. The van der Waals surface area contributed by atoms with Crippen molar-refractivity contribution in [3.8, 4) is 0 Å². The highest BCUT2D eigenvalue weighted by Gasteiger charge is 2.38. The lowest BCUT2D eigenvalue weighted by Gasteiger charge is -2.20. The Labute approximate surface area is 170 Å². The van der Waals surface area contributed by atoms with Crippen LogP contribution < -0.4 is 16.2 Å². The van der Waals surface area contributed by atoms with Gasteiger partial charge in [0.15, 0.2) is 5.82 Å². The van der Waals surface area contributed by atoms with Crippen molar-refractivity contribution in [1.82, 2.24) is 20.5 Å². The first-order valence-electron chi connectivity index (χ1n) is 8.77. The number of aromatic nitrogens is 3. The van der Waals surface area contributed by atoms with E-state index in [4.69, 9.17) is 9.90 Å². The van der Waals surface area contributed by atoms with Crippen molar-refractivity contribution in [2.24, 2.45) is 0 Å². The molecule has 0 saturated carbocycles. The Morgan fingerprint density at radius 2 is 1.84 bits per heavy atom. The monoisotopic (exact) mass is 441 g/mol. The molecule has 164 valence electrons. The number of alkyl halides is 3. The van der Waals surface area contributed by atoms with Crippen LogP contribution in [0.15, 0.2) is 29.1 Å². The number of amides is 1. The second-order valence-electron chi connectivity index (χ2n) is 6.42. The van der Waals surface area contributed by atoms with E-state index in [2.05, 4.69) is 25.8 Å². The van der Waals surface area contributed by atoms with Crippen LogP contribution in [0.2, 0.25) is 0 Å². The second-order valence-corrected chi connectivity index (χ2v) is 6.42. The van der Waals surface area contributed by atoms with Crippen LogP contribution in [0.5, 0.6) is 0 Å². The normalized spacial score (nSPS) is 13.2. The molecule has 13 heteroatoms. The molecule has 3 aromatic rings. The van der Waals surface area contributed by atoms with Crippen LogP contribution in [0.25, 0.3) is 11.0 Å². The Morgan fingerprint density at radius 1 is 1.13 bits per heavy atom. The van der Waals surface area contributed by atoms with E-state index in [0.29, 0.717) is 47.5 Å². The number of aliphatic carboxylic acids is 1. The standard InChI is InChI=1S/C16H14FN5O2.C2HF3O2/c17-12-3-1-9(8-5-6-18-7-11(8)12)16(24)20-15-10-2-4-13(23)19-14(10)21-22-15;3-2(4,5)1(6)7/h1-4,18H,5-7H2,(H3,19,20,21,22,23,24);(H,6,7). The predicted molar refractivity (Wildman–Crippen MR) is 100 cm³/mol. The minimum Gasteiger partial charge on any atom is -0.475 e. The van der Waals surface area contributed by atoms with Crippen LogP contribution in [0.4, 0.5) is 23.4 Å². The minimum atomic E-state index is -5.08. The van der Waals surface area contributed by atoms with Crippen molar-refractivity contribution < 1.29 is 32.3 Å². The maximum absolute atomic E-state index is 13.9. The first-order chi connectivity index (χ1) is 14.6. The number of nitrogens with one attached hydrogen (secondary N) is 4. The lowest BCUT2D eigenvalue weighted by Crippen LogP contribution is -2.27. The predicted octanol–water partition coefficient (Wildman–Crippen LogP) is 1.92. The smallest absolute Gasteiger partial charge is 0.475 e. The fourth-order valence-corrected chi connectivity index (χ4v) is 2.98. The number of carbonyl (C=O) groups excluding carboxylic acids is 1. The molecule has 0 fully saturated rings. The van der Waals surface area contributed by atoms with Gasteiger partial charge in [-0.2, -0.15) is 18.3 Å². The Balaban J connectivity index is 0.000000339. The highest BCUT2D eigenvalue weighted by molar-refractivity contribution is 6.08. The number of nitrogens with zero attached hydrogens (tertiary/aromatic N) is 1. The highest BCUT2D eigenvalue weighted by Crippen LogP contribution is 2.24. The van der Waals surface area contributed by atoms with Gasteiger partial charge in [-0.3, -0.25) is 14.7 Å². The zero-order chi connectivity index (χ0) is 22.8. The molecule has 0 unspecified atom stereocenters. The summed E-state index contributed by atoms with van der Waals surface area (Å²) in [5, 5.41) is 20.2. The van der Waals surface area contributed by atoms with Gasteiger partial charge in [0.25, 0.3) is 5.91 Å². The average molecular weight is 441 g/mol. The number of pyridine rings is 1. The number of fused-ring (bicyclic) bond motifs is 2. The van der Waals surface area contributed by atoms with Crippen LogP contribution in [0.3, 0.4) is 0 Å². The number of anilines is 1. The number of rotatable bonds is 2. The summed E-state index contributed by atoms with van der Waals surface area (Å²) < 4.78 is 45.7. The fourth-order valence-electron chi connectivity index (χ4n) is 2.98. The summed E-state index contributed by atoms with van der Waals surface area (Å²) in [6.45, 7) is 1.11. The molecule has 1 aromatic carbocycles. The van der Waals surface area contributed by atoms with Gasteiger partial charge in [-0.05, 0) is 36.7 Å². The molecule has 4 rings (SSSR count). The molecule has 9 nitrogen and oxygen atoms in total. The van der Waals surface area contributed by atoms with E-state index in [1.807, 2.05) is 0 Å². The van der Waals surface area contributed by atoms with E-state index < -0.39 is 12.1 Å². The molecule has 3 heterocycles. The van der Waals surface area contributed by atoms with Gasteiger partial charge >= 0.3 is 12.1 Å². The van der Waals surface area contributed by atoms with Crippen molar-refractivity contribution in [2.45, 2.75) is 19.1 Å². The average Bonchev–Trinajstić information content (AvgIpc) is 3.10. The SMILES string of the molecule is O=C(Nc1n[nH]c2[nH]c(=O)ccc12)c1ccc(F)c2c1CCNC2.O=C(O)C(F)(F)F. The Morgan fingerprint density at radius 3 is 2.52 bits per heavy atom. The molecule has 1 aliphatic rings. The summed E-state index contributed by atoms with van der Waals surface area (Å²) >= 11 is 0. The van der Waals surface area contributed by atoms with Gasteiger partial charge in [0.1, 0.15) is 11.5 Å². The summed E-state index contributed by atoms with van der Waals surface area (Å²) in [6.07, 6.45) is -4.50. The number of halogens is 4. The molecular formula is C18H15F4N5O4. The second kappa shape index (κ2) is 8.55. The number of carboxylic acids is 1. The molecule has 0 atom stereocenters. The molecular weight excluding hydrogens is 426 g/mol. The van der Waals surface area contributed by atoms with Gasteiger partial charge in [0.2, 0.25) is 5.56 Å². The summed E-state index contributed by atoms with van der Waals surface area (Å²) in [4.78, 5) is 35.4. The van der Waals surface area contributed by atoms with Gasteiger partial charge in [0, 0.05) is 23.7 Å². The molecule has 0 radical (unpaired) electrons. The van der Waals surface area contributed by atoms with Crippen LogP contribution in [0, 0.1) is 5.82 Å². The lowest BCUT2D eigenvalue weighted by atomic mass is 9.94. The topological polar surface area (TPSA) is 140 Å². The van der Waals surface area contributed by atoms with Gasteiger partial charge in [-0.1, -0.05) is 0 Å². The Kier molecular flexibility index (Phi) is 6.06. The van der Waals surface area contributed by atoms with Crippen LogP contribution in [-0.2, 0) is 17.8 Å². The third kappa shape index (κ3) is 4.88. The van der Waals surface area contributed by atoms with Crippen LogP contribution in [-0.4, -0.2) is 44.9 Å². The number of hydrogen-bond donors (Lipinski definition) is 5. The maximum Gasteiger partial charge on any atom is 0.490 e. The molecule has 2 aromatic heterocycles. The summed E-state index contributed by atoms with van der Waals surface area (Å²) in [5.41, 5.74) is 1.87. The quantitative estimate of drug-likeness (QED) is 0.385. The van der Waals surface area contributed by atoms with Crippen molar-refractivity contribution in [3.63, 3.8) is 0 Å². The van der Waals surface area contributed by atoms with Crippen LogP contribution in [0.1, 0.15) is 21.5 Å². The molecule has 5 N–H and O–H groups in total. The van der Waals surface area contributed by atoms with E-state index in [9.17, 15) is 27.2 Å². The van der Waals surface area contributed by atoms with Gasteiger partial charge in [-0.15, -0.1) is 0 Å². The molecule has 0 bridgehead atoms. The van der Waals surface area contributed by atoms with Crippen molar-refractivity contribution in [2.75, 3.05) is 11.9 Å². The Hall–Kier alpha value is -3.74. The number of carboxylic acid groups (broad SMARTS) is 1. The summed E-state index contributed by atoms with van der Waals surface area (Å²) in [5.74, 6) is -3.10. The largest absolute Gasteiger partial charge is 0.490 e. The van der Waals surface area contributed by atoms with Gasteiger partial charge in [0.05, 0.1) is 5.39 Å². The zero-order valence-corrected chi connectivity index (χ0v) is 15.6. The van der Waals surface area contributed by atoms with E-state index in [0.717, 1.165) is 5.56 Å². The highest BCUT2D eigenvalue weighted by atomic mass is 19.4. The number of aromatic amines is 2. The molecule has 1 amide bonds. The van der Waals surface area contributed by atoms with Crippen molar-refractivity contribution >= 4 is 28.7 Å². The molecule has 1 aliphatic heterocycles. The number of benzene rings is 1. The molecule has 0 aliphatic carbocycles. The van der Waals surface area contributed by atoms with Crippen molar-refractivity contribution in [3.05, 3.63) is 57.1 Å². The first-order valence-corrected chi connectivity index (χ1v) is 8.77. The van der Waals surface area contributed by atoms with E-state index in [1.54, 1.807) is 6.07 Å². The van der Waals surface area contributed by atoms with E-state index in [-0.39, 0.29) is 17.3 Å². The zero-order valence-electron chi connectivity index (χ0n) is 15.6. The molecule has 0 saturated heterocycles. The van der Waals surface area contributed by atoms with Gasteiger partial charge < -0.3 is 20.7 Å². The molecule has 31 heavy (non-hydrogen) atoms. The van der Waals surface area contributed by atoms with Crippen LogP contribution >= 0.6 is 0 Å². The lowest BCUT2D eigenvalue weighted by molar-refractivity contribution is -0.192. The van der Waals surface area contributed by atoms with Gasteiger partial charge in [-0.25, -0.2) is 9.18 Å². The number of carbonyl (C=O) groups is 2. The van der Waals surface area contributed by atoms with Crippen molar-refractivity contribution in [1.29, 1.82) is 0 Å². The summed E-state index contributed by atoms with van der Waals surface area (Å²) in [7, 11) is 0. The minimum absolute atomic E-state index is 0.260. The third-order valence-corrected chi connectivity index (χ3v) is 4.40. The maximum atomic E-state index is 13.9. The van der Waals surface area contributed by atoms with E-state index in [1.165, 1.54) is 18.2 Å². The molecule has 0 spiro atoms. The first kappa shape index (κ1) is 22.0. The fraction of sp³-hybridized carbons (Fsp3) is 0.222. The summed E-state index contributed by atoms with van der Waals surface area (Å²) in [6, 6.07) is 5.74.